The van der Waals surface area contributed by atoms with Crippen molar-refractivity contribution >= 4 is 11.3 Å². The Kier molecular flexibility index (Phi) is 3.11. The average molecular weight is 262 g/mol. The van der Waals surface area contributed by atoms with E-state index in [0.29, 0.717) is 13.2 Å². The minimum absolute atomic E-state index is 0.107. The molecule has 0 bridgehead atoms. The van der Waals surface area contributed by atoms with Gasteiger partial charge in [-0.15, -0.1) is 11.3 Å². The number of rotatable bonds is 4. The van der Waals surface area contributed by atoms with Gasteiger partial charge in [0.1, 0.15) is 0 Å². The smallest absolute Gasteiger partial charge is 0.0940 e. The highest BCUT2D eigenvalue weighted by atomic mass is 32.1. The van der Waals surface area contributed by atoms with E-state index in [2.05, 4.69) is 9.97 Å². The van der Waals surface area contributed by atoms with Crippen molar-refractivity contribution < 1.29 is 9.84 Å². The minimum Gasteiger partial charge on any atom is -0.396 e. The SMILES string of the molecule is OCC1(Cc2nc(-c3cccnc3)cs2)COC1. The van der Waals surface area contributed by atoms with Crippen LogP contribution in [0.1, 0.15) is 5.01 Å². The summed E-state index contributed by atoms with van der Waals surface area (Å²) in [5, 5.41) is 12.5. The van der Waals surface area contributed by atoms with E-state index in [1.54, 1.807) is 17.5 Å². The number of hydrogen-bond donors (Lipinski definition) is 1. The van der Waals surface area contributed by atoms with Gasteiger partial charge in [-0.25, -0.2) is 4.98 Å². The molecule has 1 fully saturated rings. The molecule has 5 heteroatoms. The molecule has 1 aliphatic rings. The van der Waals surface area contributed by atoms with Gasteiger partial charge in [-0.3, -0.25) is 4.98 Å². The quantitative estimate of drug-likeness (QED) is 0.912. The summed E-state index contributed by atoms with van der Waals surface area (Å²) in [7, 11) is 0. The maximum absolute atomic E-state index is 9.41. The van der Waals surface area contributed by atoms with Crippen molar-refractivity contribution in [2.75, 3.05) is 19.8 Å². The van der Waals surface area contributed by atoms with Gasteiger partial charge in [0.25, 0.3) is 0 Å². The van der Waals surface area contributed by atoms with Crippen LogP contribution >= 0.6 is 11.3 Å². The number of nitrogens with zero attached hydrogens (tertiary/aromatic N) is 2. The molecule has 0 radical (unpaired) electrons. The van der Waals surface area contributed by atoms with Gasteiger partial charge < -0.3 is 9.84 Å². The fraction of sp³-hybridized carbons (Fsp3) is 0.385. The third-order valence-corrected chi connectivity index (χ3v) is 4.04. The van der Waals surface area contributed by atoms with Gasteiger partial charge in [0.2, 0.25) is 0 Å². The van der Waals surface area contributed by atoms with E-state index in [4.69, 9.17) is 4.74 Å². The molecule has 0 spiro atoms. The highest BCUT2D eigenvalue weighted by Gasteiger charge is 2.38. The lowest BCUT2D eigenvalue weighted by Gasteiger charge is -2.39. The predicted octanol–water partition coefficient (Wildman–Crippen LogP) is 1.76. The standard InChI is InChI=1S/C13H14N2O2S/c16-7-13(8-17-9-13)4-12-15-11(6-18-12)10-2-1-3-14-5-10/h1-3,5-6,16H,4,7-9H2. The molecule has 2 aromatic heterocycles. The lowest BCUT2D eigenvalue weighted by Crippen LogP contribution is -2.47. The number of thiazole rings is 1. The molecule has 2 aromatic rings. The first-order chi connectivity index (χ1) is 8.81. The van der Waals surface area contributed by atoms with Crippen LogP contribution in [0.5, 0.6) is 0 Å². The first kappa shape index (κ1) is 11.8. The number of ether oxygens (including phenoxy) is 1. The zero-order valence-electron chi connectivity index (χ0n) is 9.87. The zero-order valence-corrected chi connectivity index (χ0v) is 10.7. The molecule has 0 amide bonds. The van der Waals surface area contributed by atoms with Gasteiger partial charge in [-0.05, 0) is 12.1 Å². The first-order valence-electron chi connectivity index (χ1n) is 5.85. The van der Waals surface area contributed by atoms with Crippen LogP contribution < -0.4 is 0 Å². The number of hydrogen-bond acceptors (Lipinski definition) is 5. The predicted molar refractivity (Wildman–Crippen MR) is 69.4 cm³/mol. The summed E-state index contributed by atoms with van der Waals surface area (Å²) < 4.78 is 5.20. The van der Waals surface area contributed by atoms with Gasteiger partial charge in [-0.1, -0.05) is 0 Å². The summed E-state index contributed by atoms with van der Waals surface area (Å²) in [4.78, 5) is 8.70. The van der Waals surface area contributed by atoms with Gasteiger partial charge >= 0.3 is 0 Å². The molecule has 3 rings (SSSR count). The van der Waals surface area contributed by atoms with Gasteiger partial charge in [0.05, 0.1) is 30.5 Å². The molecular formula is C13H14N2O2S. The van der Waals surface area contributed by atoms with Gasteiger partial charge in [0.15, 0.2) is 0 Å². The molecular weight excluding hydrogens is 248 g/mol. The summed E-state index contributed by atoms with van der Waals surface area (Å²) in [6, 6.07) is 3.91. The Bertz CT molecular complexity index is 517. The van der Waals surface area contributed by atoms with E-state index in [-0.39, 0.29) is 12.0 Å². The summed E-state index contributed by atoms with van der Waals surface area (Å²) in [5.41, 5.74) is 1.88. The second-order valence-corrected chi connectivity index (χ2v) is 5.64. The molecule has 0 unspecified atom stereocenters. The molecule has 0 atom stereocenters. The summed E-state index contributed by atoms with van der Waals surface area (Å²) in [5.74, 6) is 0. The van der Waals surface area contributed by atoms with Crippen LogP contribution in [0.25, 0.3) is 11.3 Å². The van der Waals surface area contributed by atoms with E-state index in [9.17, 15) is 5.11 Å². The van der Waals surface area contributed by atoms with Crippen molar-refractivity contribution in [1.82, 2.24) is 9.97 Å². The van der Waals surface area contributed by atoms with Crippen LogP contribution in [-0.4, -0.2) is 34.9 Å². The van der Waals surface area contributed by atoms with Crippen LogP contribution in [0.15, 0.2) is 29.9 Å². The van der Waals surface area contributed by atoms with E-state index in [1.165, 1.54) is 0 Å². The second kappa shape index (κ2) is 4.76. The first-order valence-corrected chi connectivity index (χ1v) is 6.73. The number of aromatic nitrogens is 2. The Balaban J connectivity index is 1.78. The van der Waals surface area contributed by atoms with Crippen molar-refractivity contribution in [3.05, 3.63) is 34.9 Å². The zero-order chi connectivity index (χ0) is 12.4. The Hall–Kier alpha value is -1.30. The molecule has 0 saturated carbocycles. The van der Waals surface area contributed by atoms with Crippen LogP contribution in [0.2, 0.25) is 0 Å². The molecule has 18 heavy (non-hydrogen) atoms. The molecule has 4 nitrogen and oxygen atoms in total. The van der Waals surface area contributed by atoms with E-state index in [0.717, 1.165) is 22.7 Å². The molecule has 94 valence electrons. The maximum Gasteiger partial charge on any atom is 0.0940 e. The van der Waals surface area contributed by atoms with Gasteiger partial charge in [0, 0.05) is 35.2 Å². The van der Waals surface area contributed by atoms with Gasteiger partial charge in [-0.2, -0.15) is 0 Å². The summed E-state index contributed by atoms with van der Waals surface area (Å²) in [6.45, 7) is 1.42. The lowest BCUT2D eigenvalue weighted by molar-refractivity contribution is -0.136. The van der Waals surface area contributed by atoms with Crippen LogP contribution in [0.4, 0.5) is 0 Å². The number of aliphatic hydroxyl groups is 1. The minimum atomic E-state index is -0.107. The van der Waals surface area contributed by atoms with Crippen LogP contribution in [0.3, 0.4) is 0 Å². The van der Waals surface area contributed by atoms with E-state index in [1.807, 2.05) is 23.7 Å². The Morgan fingerprint density at radius 2 is 2.33 bits per heavy atom. The molecule has 0 aliphatic carbocycles. The summed E-state index contributed by atoms with van der Waals surface area (Å²) >= 11 is 1.63. The third-order valence-electron chi connectivity index (χ3n) is 3.19. The van der Waals surface area contributed by atoms with Crippen molar-refractivity contribution in [1.29, 1.82) is 0 Å². The Morgan fingerprint density at radius 1 is 1.44 bits per heavy atom. The Morgan fingerprint density at radius 3 is 2.94 bits per heavy atom. The fourth-order valence-electron chi connectivity index (χ4n) is 2.00. The highest BCUT2D eigenvalue weighted by Crippen LogP contribution is 2.33. The van der Waals surface area contributed by atoms with Crippen molar-refractivity contribution in [2.24, 2.45) is 5.41 Å². The average Bonchev–Trinajstić information content (AvgIpc) is 2.83. The molecule has 0 aromatic carbocycles. The maximum atomic E-state index is 9.41. The molecule has 1 saturated heterocycles. The van der Waals surface area contributed by atoms with E-state index >= 15 is 0 Å². The number of aliphatic hydroxyl groups excluding tert-OH is 1. The largest absolute Gasteiger partial charge is 0.396 e. The van der Waals surface area contributed by atoms with Crippen LogP contribution in [-0.2, 0) is 11.2 Å². The van der Waals surface area contributed by atoms with Crippen molar-refractivity contribution in [3.8, 4) is 11.3 Å². The Labute approximate surface area is 109 Å². The second-order valence-electron chi connectivity index (χ2n) is 4.70. The summed E-state index contributed by atoms with van der Waals surface area (Å²) in [6.07, 6.45) is 4.35. The third kappa shape index (κ3) is 2.16. The fourth-order valence-corrected chi connectivity index (χ4v) is 2.98. The number of pyridine rings is 1. The van der Waals surface area contributed by atoms with Crippen molar-refractivity contribution in [2.45, 2.75) is 6.42 Å². The van der Waals surface area contributed by atoms with E-state index < -0.39 is 0 Å². The van der Waals surface area contributed by atoms with Crippen molar-refractivity contribution in [3.63, 3.8) is 0 Å². The molecule has 1 N–H and O–H groups in total. The highest BCUT2D eigenvalue weighted by molar-refractivity contribution is 7.09. The normalized spacial score (nSPS) is 17.4. The monoisotopic (exact) mass is 262 g/mol. The molecule has 3 heterocycles. The van der Waals surface area contributed by atoms with Crippen LogP contribution in [0, 0.1) is 5.41 Å². The lowest BCUT2D eigenvalue weighted by atomic mass is 9.84. The molecule has 1 aliphatic heterocycles. The topological polar surface area (TPSA) is 55.2 Å².